The Bertz CT molecular complexity index is 573. The van der Waals surface area contributed by atoms with Crippen LogP contribution in [-0.2, 0) is 22.4 Å². The van der Waals surface area contributed by atoms with Gasteiger partial charge < -0.3 is 9.47 Å². The van der Waals surface area contributed by atoms with E-state index in [9.17, 15) is 4.79 Å². The molecule has 27 heavy (non-hydrogen) atoms. The molecule has 3 nitrogen and oxygen atoms in total. The van der Waals surface area contributed by atoms with E-state index in [2.05, 4.69) is 25.6 Å². The summed E-state index contributed by atoms with van der Waals surface area (Å²) in [4.78, 5) is 12.4. The predicted octanol–water partition coefficient (Wildman–Crippen LogP) is 5.64. The van der Waals surface area contributed by atoms with Crippen LogP contribution >= 0.6 is 12.6 Å². The molecule has 0 heterocycles. The van der Waals surface area contributed by atoms with Gasteiger partial charge in [0.05, 0.1) is 0 Å². The Hall–Kier alpha value is -1.00. The van der Waals surface area contributed by atoms with Gasteiger partial charge in [-0.05, 0) is 92.6 Å². The van der Waals surface area contributed by atoms with Crippen molar-refractivity contribution in [3.8, 4) is 5.75 Å². The van der Waals surface area contributed by atoms with Crippen molar-refractivity contribution in [3.63, 3.8) is 0 Å². The normalized spacial score (nSPS) is 17.4. The van der Waals surface area contributed by atoms with Crippen LogP contribution in [0.2, 0.25) is 0 Å². The number of esters is 1. The molecule has 1 aliphatic carbocycles. The number of carbonyl (C=O) groups is 1. The van der Waals surface area contributed by atoms with Crippen molar-refractivity contribution < 1.29 is 14.3 Å². The van der Waals surface area contributed by atoms with Gasteiger partial charge in [0.2, 0.25) is 0 Å². The quantitative estimate of drug-likeness (QED) is 0.216. The zero-order chi connectivity index (χ0) is 19.5. The van der Waals surface area contributed by atoms with Gasteiger partial charge in [-0.1, -0.05) is 19.1 Å². The van der Waals surface area contributed by atoms with Gasteiger partial charge >= 0.3 is 5.97 Å². The Morgan fingerprint density at radius 1 is 1.22 bits per heavy atom. The van der Waals surface area contributed by atoms with Crippen LogP contribution in [0, 0.1) is 11.8 Å². The average molecular weight is 393 g/mol. The topological polar surface area (TPSA) is 35.5 Å². The molecule has 2 unspecified atom stereocenters. The molecule has 1 aromatic carbocycles. The molecule has 152 valence electrons. The number of methoxy groups -OCH3 is 1. The van der Waals surface area contributed by atoms with Crippen molar-refractivity contribution in [2.75, 3.05) is 19.5 Å². The van der Waals surface area contributed by atoms with Crippen LogP contribution in [0.25, 0.3) is 0 Å². The summed E-state index contributed by atoms with van der Waals surface area (Å²) in [6, 6.07) is 6.14. The SMILES string of the molecule is COCCCC(CCCS)CCCC(=O)Oc1cccc2c1CCC(C)C2. The van der Waals surface area contributed by atoms with E-state index in [1.807, 2.05) is 12.1 Å². The molecule has 0 N–H and O–H groups in total. The second-order valence-electron chi connectivity index (χ2n) is 7.97. The molecular formula is C23H36O3S. The maximum Gasteiger partial charge on any atom is 0.311 e. The first-order chi connectivity index (χ1) is 13.1. The molecule has 1 aromatic rings. The lowest BCUT2D eigenvalue weighted by Gasteiger charge is -2.23. The van der Waals surface area contributed by atoms with Crippen molar-refractivity contribution in [2.45, 2.75) is 71.1 Å². The molecule has 0 fully saturated rings. The summed E-state index contributed by atoms with van der Waals surface area (Å²) in [6.07, 6.45) is 10.4. The molecule has 0 bridgehead atoms. The Morgan fingerprint density at radius 3 is 2.78 bits per heavy atom. The first kappa shape index (κ1) is 22.3. The smallest absolute Gasteiger partial charge is 0.311 e. The van der Waals surface area contributed by atoms with Gasteiger partial charge in [-0.3, -0.25) is 4.79 Å². The van der Waals surface area contributed by atoms with Crippen LogP contribution < -0.4 is 4.74 Å². The van der Waals surface area contributed by atoms with Crippen LogP contribution in [0.1, 0.15) is 69.4 Å². The van der Waals surface area contributed by atoms with Crippen LogP contribution in [-0.4, -0.2) is 25.4 Å². The van der Waals surface area contributed by atoms with E-state index in [1.165, 1.54) is 30.4 Å². The molecule has 2 rings (SSSR count). The van der Waals surface area contributed by atoms with E-state index in [1.54, 1.807) is 7.11 Å². The number of ether oxygens (including phenoxy) is 2. The number of hydrogen-bond donors (Lipinski definition) is 1. The van der Waals surface area contributed by atoms with Crippen LogP contribution in [0.15, 0.2) is 18.2 Å². The van der Waals surface area contributed by atoms with Gasteiger partial charge in [0.25, 0.3) is 0 Å². The Kier molecular flexibility index (Phi) is 10.3. The zero-order valence-electron chi connectivity index (χ0n) is 17.0. The molecule has 0 aliphatic heterocycles. The number of fused-ring (bicyclic) bond motifs is 1. The third-order valence-corrected chi connectivity index (χ3v) is 5.95. The molecule has 0 radical (unpaired) electrons. The summed E-state index contributed by atoms with van der Waals surface area (Å²) in [5.74, 6) is 3.00. The second-order valence-corrected chi connectivity index (χ2v) is 8.42. The fourth-order valence-corrected chi connectivity index (χ4v) is 4.27. The number of thiol groups is 1. The summed E-state index contributed by atoms with van der Waals surface area (Å²) in [7, 11) is 1.75. The van der Waals surface area contributed by atoms with Crippen LogP contribution in [0.5, 0.6) is 5.75 Å². The second kappa shape index (κ2) is 12.5. The largest absolute Gasteiger partial charge is 0.426 e. The molecule has 4 heteroatoms. The molecule has 0 saturated heterocycles. The lowest BCUT2D eigenvalue weighted by Crippen LogP contribution is -2.15. The van der Waals surface area contributed by atoms with Gasteiger partial charge in [0.15, 0.2) is 0 Å². The first-order valence-electron chi connectivity index (χ1n) is 10.5. The number of rotatable bonds is 12. The highest BCUT2D eigenvalue weighted by Crippen LogP contribution is 2.32. The van der Waals surface area contributed by atoms with Crippen molar-refractivity contribution in [3.05, 3.63) is 29.3 Å². The predicted molar refractivity (Wildman–Crippen MR) is 115 cm³/mol. The van der Waals surface area contributed by atoms with E-state index in [0.717, 1.165) is 62.6 Å². The minimum Gasteiger partial charge on any atom is -0.426 e. The minimum absolute atomic E-state index is 0.0909. The Labute approximate surface area is 170 Å². The molecule has 0 saturated carbocycles. The van der Waals surface area contributed by atoms with E-state index < -0.39 is 0 Å². The van der Waals surface area contributed by atoms with Crippen LogP contribution in [0.3, 0.4) is 0 Å². The lowest BCUT2D eigenvalue weighted by atomic mass is 9.84. The first-order valence-corrected chi connectivity index (χ1v) is 11.2. The summed E-state index contributed by atoms with van der Waals surface area (Å²) < 4.78 is 10.9. The molecule has 1 aliphatic rings. The maximum absolute atomic E-state index is 12.4. The highest BCUT2D eigenvalue weighted by atomic mass is 32.1. The summed E-state index contributed by atoms with van der Waals surface area (Å²) in [6.45, 7) is 3.11. The molecule has 0 aromatic heterocycles. The third-order valence-electron chi connectivity index (χ3n) is 5.63. The highest BCUT2D eigenvalue weighted by molar-refractivity contribution is 7.80. The van der Waals surface area contributed by atoms with E-state index in [4.69, 9.17) is 9.47 Å². The summed E-state index contributed by atoms with van der Waals surface area (Å²) in [5.41, 5.74) is 2.60. The van der Waals surface area contributed by atoms with Gasteiger partial charge in [-0.15, -0.1) is 0 Å². The number of benzene rings is 1. The van der Waals surface area contributed by atoms with Crippen molar-refractivity contribution in [1.29, 1.82) is 0 Å². The minimum atomic E-state index is -0.0909. The third kappa shape index (κ3) is 7.87. The average Bonchev–Trinajstić information content (AvgIpc) is 2.65. The maximum atomic E-state index is 12.4. The summed E-state index contributed by atoms with van der Waals surface area (Å²) >= 11 is 4.33. The van der Waals surface area contributed by atoms with Gasteiger partial charge in [0, 0.05) is 20.1 Å². The standard InChI is InChI=1S/C23H36O3S/c1-18-13-14-21-20(17-18)10-4-11-22(21)26-23(24)12-3-7-19(9-6-16-27)8-5-15-25-2/h4,10-11,18-19,27H,3,5-9,12-17H2,1-2H3. The van der Waals surface area contributed by atoms with Crippen molar-refractivity contribution >= 4 is 18.6 Å². The monoisotopic (exact) mass is 392 g/mol. The van der Waals surface area contributed by atoms with Crippen molar-refractivity contribution in [1.82, 2.24) is 0 Å². The number of carbonyl (C=O) groups excluding carboxylic acids is 1. The fourth-order valence-electron chi connectivity index (χ4n) is 4.09. The molecule has 0 amide bonds. The van der Waals surface area contributed by atoms with E-state index in [0.29, 0.717) is 12.3 Å². The Balaban J connectivity index is 1.79. The van der Waals surface area contributed by atoms with Gasteiger partial charge in [-0.2, -0.15) is 12.6 Å². The molecular weight excluding hydrogens is 356 g/mol. The lowest BCUT2D eigenvalue weighted by molar-refractivity contribution is -0.134. The molecule has 0 spiro atoms. The van der Waals surface area contributed by atoms with E-state index in [-0.39, 0.29) is 5.97 Å². The highest BCUT2D eigenvalue weighted by Gasteiger charge is 2.20. The zero-order valence-corrected chi connectivity index (χ0v) is 17.9. The van der Waals surface area contributed by atoms with E-state index >= 15 is 0 Å². The fraction of sp³-hybridized carbons (Fsp3) is 0.696. The Morgan fingerprint density at radius 2 is 2.00 bits per heavy atom. The van der Waals surface area contributed by atoms with Crippen molar-refractivity contribution in [2.24, 2.45) is 11.8 Å². The van der Waals surface area contributed by atoms with Crippen LogP contribution in [0.4, 0.5) is 0 Å². The van der Waals surface area contributed by atoms with Gasteiger partial charge in [-0.25, -0.2) is 0 Å². The molecule has 2 atom stereocenters. The number of hydrogen-bond acceptors (Lipinski definition) is 4. The summed E-state index contributed by atoms with van der Waals surface area (Å²) in [5, 5.41) is 0. The van der Waals surface area contributed by atoms with Gasteiger partial charge in [0.1, 0.15) is 5.75 Å².